The minimum Gasteiger partial charge on any atom is -0.368 e. The average Bonchev–Trinajstić information content (AvgIpc) is 3.22. The maximum absolute atomic E-state index is 13.2. The van der Waals surface area contributed by atoms with Gasteiger partial charge in [0.05, 0.1) is 10.7 Å². The number of thioether (sulfide) groups is 1. The first-order valence-electron chi connectivity index (χ1n) is 6.63. The number of aromatic amines is 1. The number of hydrogen-bond acceptors (Lipinski definition) is 9. The largest absolute Gasteiger partial charge is 0.368 e. The molecule has 0 saturated carbocycles. The van der Waals surface area contributed by atoms with E-state index in [-0.39, 0.29) is 28.3 Å². The summed E-state index contributed by atoms with van der Waals surface area (Å²) in [6.45, 7) is 0. The van der Waals surface area contributed by atoms with Gasteiger partial charge >= 0.3 is 0 Å². The fraction of sp³-hybridized carbons (Fsp3) is 0.0833. The van der Waals surface area contributed by atoms with E-state index in [4.69, 9.17) is 22.0 Å². The molecule has 0 aliphatic rings. The number of nitrogens with one attached hydrogen (secondary N) is 2. The van der Waals surface area contributed by atoms with Crippen molar-refractivity contribution in [3.8, 4) is 0 Å². The number of nitrogens with two attached hydrogens (primary N) is 1. The van der Waals surface area contributed by atoms with Gasteiger partial charge in [-0.2, -0.15) is 4.98 Å². The Kier molecular flexibility index (Phi) is 5.11. The lowest BCUT2D eigenvalue weighted by molar-refractivity contribution is 0.234. The first-order valence-corrected chi connectivity index (χ1v) is 7.99. The Hall–Kier alpha value is -2.70. The molecule has 25 heavy (non-hydrogen) atoms. The number of hydroxylamine groups is 1. The quantitative estimate of drug-likeness (QED) is 0.223. The van der Waals surface area contributed by atoms with E-state index in [9.17, 15) is 9.60 Å². The summed E-state index contributed by atoms with van der Waals surface area (Å²) < 4.78 is 17.9. The number of halogens is 2. The molecule has 0 amide bonds. The molecule has 0 fully saturated rings. The lowest BCUT2D eigenvalue weighted by Gasteiger charge is -2.03. The molecule has 0 aliphatic carbocycles. The second kappa shape index (κ2) is 7.46. The number of nitrogen functional groups attached to an aromatic ring is 1. The summed E-state index contributed by atoms with van der Waals surface area (Å²) in [5, 5.41) is 23.5. The number of nitrogens with zero attached hydrogens (tertiary/aromatic N) is 5. The Morgan fingerprint density at radius 1 is 1.48 bits per heavy atom. The van der Waals surface area contributed by atoms with Crippen LogP contribution in [-0.2, 0) is 5.75 Å². The third kappa shape index (κ3) is 4.04. The summed E-state index contributed by atoms with van der Waals surface area (Å²) in [6, 6.07) is 3.84. The minimum absolute atomic E-state index is 0.0472. The molecule has 13 heteroatoms. The fourth-order valence-corrected chi connectivity index (χ4v) is 2.65. The van der Waals surface area contributed by atoms with Crippen LogP contribution in [0.3, 0.4) is 0 Å². The molecule has 3 rings (SSSR count). The second-order valence-corrected chi connectivity index (χ2v) is 5.87. The molecule has 130 valence electrons. The first-order chi connectivity index (χ1) is 12.1. The number of amidine groups is 1. The molecule has 1 aromatic carbocycles. The first kappa shape index (κ1) is 17.1. The van der Waals surface area contributed by atoms with Gasteiger partial charge in [-0.25, -0.2) is 19.1 Å². The van der Waals surface area contributed by atoms with Crippen molar-refractivity contribution in [2.24, 2.45) is 4.99 Å². The van der Waals surface area contributed by atoms with E-state index in [1.165, 1.54) is 23.9 Å². The van der Waals surface area contributed by atoms with E-state index >= 15 is 0 Å². The van der Waals surface area contributed by atoms with Gasteiger partial charge < -0.3 is 5.73 Å². The van der Waals surface area contributed by atoms with Crippen LogP contribution in [0.2, 0.25) is 5.02 Å². The van der Waals surface area contributed by atoms with Crippen LogP contribution in [-0.4, -0.2) is 36.5 Å². The van der Waals surface area contributed by atoms with Crippen LogP contribution in [0.25, 0.3) is 0 Å². The Balaban J connectivity index is 1.82. The monoisotopic (exact) mass is 384 g/mol. The second-order valence-electron chi connectivity index (χ2n) is 4.52. The van der Waals surface area contributed by atoms with Gasteiger partial charge in [-0.15, -0.1) is 5.10 Å². The number of aliphatic imine (C=N–C) groups is 1. The standard InChI is InChI=1S/C12H10ClFN8O2S/c13-6-3-5(1-2-7(6)14)16-10(20-23)9-8(21-24-22-9)4-25-12-17-11(15)18-19-12/h1-3,23H,4H2,(H,16,20)(H3,15,17,18,19). The van der Waals surface area contributed by atoms with Crippen LogP contribution >= 0.6 is 23.4 Å². The van der Waals surface area contributed by atoms with E-state index < -0.39 is 5.82 Å². The van der Waals surface area contributed by atoms with Gasteiger partial charge in [-0.3, -0.25) is 10.7 Å². The van der Waals surface area contributed by atoms with Crippen molar-refractivity contribution in [1.29, 1.82) is 0 Å². The SMILES string of the molecule is Nc1nc(SCc2nonc2C(=Nc2ccc(F)c(Cl)c2)NO)n[nH]1. The van der Waals surface area contributed by atoms with E-state index in [1.54, 1.807) is 0 Å². The van der Waals surface area contributed by atoms with Crippen LogP contribution in [0.1, 0.15) is 11.4 Å². The van der Waals surface area contributed by atoms with Gasteiger partial charge in [0.1, 0.15) is 11.5 Å². The van der Waals surface area contributed by atoms with Gasteiger partial charge in [0.2, 0.25) is 11.1 Å². The van der Waals surface area contributed by atoms with E-state index in [0.717, 1.165) is 6.07 Å². The highest BCUT2D eigenvalue weighted by molar-refractivity contribution is 7.98. The van der Waals surface area contributed by atoms with Crippen molar-refractivity contribution in [3.05, 3.63) is 40.4 Å². The fourth-order valence-electron chi connectivity index (χ4n) is 1.75. The number of rotatable bonds is 5. The molecule has 5 N–H and O–H groups in total. The number of hydrogen-bond donors (Lipinski definition) is 4. The van der Waals surface area contributed by atoms with Crippen LogP contribution in [0.5, 0.6) is 0 Å². The van der Waals surface area contributed by atoms with Gasteiger partial charge in [0, 0.05) is 5.75 Å². The summed E-state index contributed by atoms with van der Waals surface area (Å²) in [7, 11) is 0. The van der Waals surface area contributed by atoms with Crippen molar-refractivity contribution in [1.82, 2.24) is 31.0 Å². The molecule has 2 heterocycles. The van der Waals surface area contributed by atoms with Crippen molar-refractivity contribution < 1.29 is 14.2 Å². The summed E-state index contributed by atoms with van der Waals surface area (Å²) >= 11 is 6.93. The molecule has 2 aromatic heterocycles. The van der Waals surface area contributed by atoms with Crippen molar-refractivity contribution in [3.63, 3.8) is 0 Å². The topological polar surface area (TPSA) is 151 Å². The van der Waals surface area contributed by atoms with Gasteiger partial charge in [0.25, 0.3) is 0 Å². The smallest absolute Gasteiger partial charge is 0.216 e. The third-order valence-corrected chi connectivity index (χ3v) is 4.00. The molecular weight excluding hydrogens is 375 g/mol. The molecule has 0 spiro atoms. The predicted octanol–water partition coefficient (Wildman–Crippen LogP) is 1.91. The van der Waals surface area contributed by atoms with E-state index in [0.29, 0.717) is 16.5 Å². The molecule has 0 atom stereocenters. The van der Waals surface area contributed by atoms with Crippen molar-refractivity contribution in [2.45, 2.75) is 10.9 Å². The predicted molar refractivity (Wildman–Crippen MR) is 87.2 cm³/mol. The number of aromatic nitrogens is 5. The van der Waals surface area contributed by atoms with Gasteiger partial charge in [-0.1, -0.05) is 28.5 Å². The molecule has 0 saturated heterocycles. The zero-order valence-electron chi connectivity index (χ0n) is 12.3. The highest BCUT2D eigenvalue weighted by Crippen LogP contribution is 2.23. The molecule has 0 radical (unpaired) electrons. The third-order valence-electron chi connectivity index (χ3n) is 2.85. The Morgan fingerprint density at radius 3 is 3.00 bits per heavy atom. The lowest BCUT2D eigenvalue weighted by atomic mass is 10.3. The van der Waals surface area contributed by atoms with E-state index in [2.05, 4.69) is 30.5 Å². The van der Waals surface area contributed by atoms with Gasteiger partial charge in [-0.05, 0) is 23.4 Å². The molecular formula is C12H10ClFN8O2S. The molecule has 0 aliphatic heterocycles. The Labute approximate surface area is 148 Å². The summed E-state index contributed by atoms with van der Waals surface area (Å²) in [5.41, 5.74) is 8.20. The summed E-state index contributed by atoms with van der Waals surface area (Å²) in [6.07, 6.45) is 0. The maximum Gasteiger partial charge on any atom is 0.216 e. The number of H-pyrrole nitrogens is 1. The lowest BCUT2D eigenvalue weighted by Crippen LogP contribution is -2.21. The Bertz CT molecular complexity index is 914. The van der Waals surface area contributed by atoms with Crippen LogP contribution < -0.4 is 11.2 Å². The molecule has 0 unspecified atom stereocenters. The van der Waals surface area contributed by atoms with Gasteiger partial charge in [0.15, 0.2) is 11.5 Å². The summed E-state index contributed by atoms with van der Waals surface area (Å²) in [5.74, 6) is -0.159. The molecule has 10 nitrogen and oxygen atoms in total. The zero-order valence-corrected chi connectivity index (χ0v) is 13.8. The summed E-state index contributed by atoms with van der Waals surface area (Å²) in [4.78, 5) is 8.06. The van der Waals surface area contributed by atoms with Crippen LogP contribution in [0.4, 0.5) is 16.0 Å². The highest BCUT2D eigenvalue weighted by atomic mass is 35.5. The van der Waals surface area contributed by atoms with Crippen LogP contribution in [0.15, 0.2) is 33.0 Å². The highest BCUT2D eigenvalue weighted by Gasteiger charge is 2.18. The van der Waals surface area contributed by atoms with Crippen molar-refractivity contribution >= 4 is 40.8 Å². The maximum atomic E-state index is 13.2. The number of benzene rings is 1. The molecule has 0 bridgehead atoms. The van der Waals surface area contributed by atoms with E-state index in [1.807, 2.05) is 5.48 Å². The normalized spacial score (nSPS) is 11.7. The number of anilines is 1. The minimum atomic E-state index is -0.579. The average molecular weight is 385 g/mol. The Morgan fingerprint density at radius 2 is 2.32 bits per heavy atom. The zero-order chi connectivity index (χ0) is 17.8. The van der Waals surface area contributed by atoms with Crippen molar-refractivity contribution in [2.75, 3.05) is 5.73 Å². The van der Waals surface area contributed by atoms with Crippen LogP contribution in [0, 0.1) is 5.82 Å². The molecule has 3 aromatic rings.